The number of carbonyl (C=O) groups is 1. The van der Waals surface area contributed by atoms with Crippen molar-refractivity contribution in [2.24, 2.45) is 0 Å². The Kier molecular flexibility index (Phi) is 6.15. The SMILES string of the molecule is Cc1c(-c2ccc(Cl)cc2Cl)nc2ccccc2c1C(=O)N1CCN(c2ccc(F)cc2)CC1. The lowest BCUT2D eigenvalue weighted by atomic mass is 9.96. The number of pyridine rings is 1. The van der Waals surface area contributed by atoms with Gasteiger partial charge in [-0.15, -0.1) is 0 Å². The molecule has 0 bridgehead atoms. The van der Waals surface area contributed by atoms with Crippen molar-refractivity contribution >= 4 is 45.7 Å². The molecule has 2 heterocycles. The summed E-state index contributed by atoms with van der Waals surface area (Å²) in [5.74, 6) is -0.282. The van der Waals surface area contributed by atoms with Crippen molar-refractivity contribution < 1.29 is 9.18 Å². The first-order chi connectivity index (χ1) is 16.4. The number of anilines is 1. The first-order valence-electron chi connectivity index (χ1n) is 11.1. The largest absolute Gasteiger partial charge is 0.368 e. The maximum atomic E-state index is 13.8. The minimum atomic E-state index is -0.255. The molecule has 0 saturated carbocycles. The molecule has 0 unspecified atom stereocenters. The number of nitrogens with zero attached hydrogens (tertiary/aromatic N) is 3. The first-order valence-corrected chi connectivity index (χ1v) is 11.8. The smallest absolute Gasteiger partial charge is 0.255 e. The number of benzene rings is 3. The van der Waals surface area contributed by atoms with Crippen molar-refractivity contribution in [2.45, 2.75) is 6.92 Å². The highest BCUT2D eigenvalue weighted by molar-refractivity contribution is 6.36. The van der Waals surface area contributed by atoms with E-state index in [2.05, 4.69) is 4.90 Å². The van der Waals surface area contributed by atoms with Gasteiger partial charge in [-0.05, 0) is 61.0 Å². The minimum Gasteiger partial charge on any atom is -0.368 e. The van der Waals surface area contributed by atoms with Gasteiger partial charge in [-0.1, -0.05) is 41.4 Å². The Morgan fingerprint density at radius 1 is 0.941 bits per heavy atom. The van der Waals surface area contributed by atoms with E-state index in [1.807, 2.05) is 42.2 Å². The molecular formula is C27H22Cl2FN3O. The van der Waals surface area contributed by atoms with Crippen LogP contribution < -0.4 is 4.90 Å². The molecule has 0 radical (unpaired) electrons. The highest BCUT2D eigenvalue weighted by Crippen LogP contribution is 2.35. The van der Waals surface area contributed by atoms with Crippen LogP contribution >= 0.6 is 23.2 Å². The Morgan fingerprint density at radius 3 is 2.35 bits per heavy atom. The van der Waals surface area contributed by atoms with Crippen LogP contribution in [0.3, 0.4) is 0 Å². The quantitative estimate of drug-likeness (QED) is 0.321. The van der Waals surface area contributed by atoms with Gasteiger partial charge < -0.3 is 9.80 Å². The summed E-state index contributed by atoms with van der Waals surface area (Å²) in [6.07, 6.45) is 0. The van der Waals surface area contributed by atoms with Crippen LogP contribution in [-0.4, -0.2) is 42.0 Å². The van der Waals surface area contributed by atoms with E-state index in [4.69, 9.17) is 28.2 Å². The van der Waals surface area contributed by atoms with Crippen molar-refractivity contribution in [3.05, 3.63) is 93.7 Å². The number of amides is 1. The van der Waals surface area contributed by atoms with E-state index < -0.39 is 0 Å². The molecule has 1 amide bonds. The minimum absolute atomic E-state index is 0.0267. The summed E-state index contributed by atoms with van der Waals surface area (Å²) in [4.78, 5) is 22.7. The molecule has 1 aliphatic rings. The number of carbonyl (C=O) groups excluding carboxylic acids is 1. The van der Waals surface area contributed by atoms with Gasteiger partial charge in [0.05, 0.1) is 21.8 Å². The molecular weight excluding hydrogens is 472 g/mol. The second-order valence-electron chi connectivity index (χ2n) is 8.36. The zero-order valence-electron chi connectivity index (χ0n) is 18.6. The van der Waals surface area contributed by atoms with Gasteiger partial charge in [0.25, 0.3) is 5.91 Å². The molecule has 3 aromatic carbocycles. The van der Waals surface area contributed by atoms with E-state index in [0.717, 1.165) is 27.7 Å². The summed E-state index contributed by atoms with van der Waals surface area (Å²) in [6.45, 7) is 4.42. The van der Waals surface area contributed by atoms with E-state index in [0.29, 0.717) is 47.5 Å². The number of hydrogen-bond acceptors (Lipinski definition) is 3. The fourth-order valence-electron chi connectivity index (χ4n) is 4.50. The number of halogens is 3. The highest BCUT2D eigenvalue weighted by Gasteiger charge is 2.27. The zero-order valence-corrected chi connectivity index (χ0v) is 20.1. The average molecular weight is 494 g/mol. The van der Waals surface area contributed by atoms with Crippen LogP contribution in [0.2, 0.25) is 10.0 Å². The molecule has 0 aliphatic carbocycles. The highest BCUT2D eigenvalue weighted by atomic mass is 35.5. The summed E-state index contributed by atoms with van der Waals surface area (Å²) < 4.78 is 13.3. The van der Waals surface area contributed by atoms with E-state index in [-0.39, 0.29) is 11.7 Å². The Bertz CT molecular complexity index is 1380. The number of hydrogen-bond donors (Lipinski definition) is 0. The van der Waals surface area contributed by atoms with Crippen LogP contribution in [0.15, 0.2) is 66.7 Å². The normalized spacial score (nSPS) is 14.0. The summed E-state index contributed by atoms with van der Waals surface area (Å²) in [6, 6.07) is 19.4. The van der Waals surface area contributed by atoms with Gasteiger partial charge in [0, 0.05) is 47.8 Å². The van der Waals surface area contributed by atoms with Gasteiger partial charge in [0.2, 0.25) is 0 Å². The van der Waals surface area contributed by atoms with Crippen LogP contribution in [0.25, 0.3) is 22.2 Å². The third-order valence-corrected chi connectivity index (χ3v) is 6.84. The fraction of sp³-hybridized carbons (Fsp3) is 0.185. The van der Waals surface area contributed by atoms with E-state index in [1.54, 1.807) is 24.3 Å². The molecule has 172 valence electrons. The molecule has 5 rings (SSSR count). The summed E-state index contributed by atoms with van der Waals surface area (Å²) in [5, 5.41) is 1.85. The van der Waals surface area contributed by atoms with Crippen molar-refractivity contribution in [3.63, 3.8) is 0 Å². The fourth-order valence-corrected chi connectivity index (χ4v) is 5.00. The summed E-state index contributed by atoms with van der Waals surface area (Å²) in [5.41, 5.74) is 4.54. The lowest BCUT2D eigenvalue weighted by molar-refractivity contribution is 0.0748. The van der Waals surface area contributed by atoms with Crippen molar-refractivity contribution in [1.82, 2.24) is 9.88 Å². The Labute approximate surface area is 207 Å². The monoisotopic (exact) mass is 493 g/mol. The van der Waals surface area contributed by atoms with Gasteiger partial charge in [-0.25, -0.2) is 9.37 Å². The second-order valence-corrected chi connectivity index (χ2v) is 9.20. The number of para-hydroxylation sites is 1. The lowest BCUT2D eigenvalue weighted by Crippen LogP contribution is -2.49. The third-order valence-electron chi connectivity index (χ3n) is 6.29. The van der Waals surface area contributed by atoms with E-state index in [9.17, 15) is 9.18 Å². The maximum Gasteiger partial charge on any atom is 0.255 e. The molecule has 0 spiro atoms. The Balaban J connectivity index is 1.50. The third kappa shape index (κ3) is 4.22. The molecule has 0 N–H and O–H groups in total. The van der Waals surface area contributed by atoms with Gasteiger partial charge in [-0.3, -0.25) is 4.79 Å². The van der Waals surface area contributed by atoms with E-state index >= 15 is 0 Å². The molecule has 1 saturated heterocycles. The molecule has 0 atom stereocenters. The molecule has 4 nitrogen and oxygen atoms in total. The van der Waals surface area contributed by atoms with Crippen LogP contribution in [0.4, 0.5) is 10.1 Å². The molecule has 7 heteroatoms. The van der Waals surface area contributed by atoms with Crippen LogP contribution in [0.1, 0.15) is 15.9 Å². The predicted octanol–water partition coefficient (Wildman–Crippen LogP) is 6.62. The van der Waals surface area contributed by atoms with Gasteiger partial charge in [0.1, 0.15) is 5.82 Å². The number of aromatic nitrogens is 1. The Morgan fingerprint density at radius 2 is 1.65 bits per heavy atom. The Hall–Kier alpha value is -3.15. The number of fused-ring (bicyclic) bond motifs is 1. The van der Waals surface area contributed by atoms with Crippen LogP contribution in [0.5, 0.6) is 0 Å². The van der Waals surface area contributed by atoms with E-state index in [1.165, 1.54) is 12.1 Å². The first kappa shape index (κ1) is 22.6. The topological polar surface area (TPSA) is 36.4 Å². The molecule has 34 heavy (non-hydrogen) atoms. The molecule has 4 aromatic rings. The van der Waals surface area contributed by atoms with Crippen molar-refractivity contribution in [2.75, 3.05) is 31.1 Å². The maximum absolute atomic E-state index is 13.8. The van der Waals surface area contributed by atoms with Crippen molar-refractivity contribution in [3.8, 4) is 11.3 Å². The van der Waals surface area contributed by atoms with Crippen LogP contribution in [0, 0.1) is 12.7 Å². The predicted molar refractivity (Wildman–Crippen MR) is 136 cm³/mol. The summed E-state index contributed by atoms with van der Waals surface area (Å²) >= 11 is 12.6. The number of piperazine rings is 1. The average Bonchev–Trinajstić information content (AvgIpc) is 2.84. The number of rotatable bonds is 3. The lowest BCUT2D eigenvalue weighted by Gasteiger charge is -2.36. The molecule has 1 aromatic heterocycles. The molecule has 1 fully saturated rings. The van der Waals surface area contributed by atoms with Gasteiger partial charge in [-0.2, -0.15) is 0 Å². The molecule has 1 aliphatic heterocycles. The summed E-state index contributed by atoms with van der Waals surface area (Å²) in [7, 11) is 0. The zero-order chi connectivity index (χ0) is 23.8. The standard InChI is InChI=1S/C27H22Cl2FN3O/c1-17-25(27(34)33-14-12-32(13-15-33)20-9-7-19(30)8-10-20)22-4-2-3-5-24(22)31-26(17)21-11-6-18(28)16-23(21)29/h2-11,16H,12-15H2,1H3. The van der Waals surface area contributed by atoms with Gasteiger partial charge in [0.15, 0.2) is 0 Å². The van der Waals surface area contributed by atoms with Crippen molar-refractivity contribution in [1.29, 1.82) is 0 Å². The second kappa shape index (κ2) is 9.24. The van der Waals surface area contributed by atoms with Crippen LogP contribution in [-0.2, 0) is 0 Å². The van der Waals surface area contributed by atoms with Gasteiger partial charge >= 0.3 is 0 Å².